The molecule has 0 aliphatic carbocycles. The third-order valence-electron chi connectivity index (χ3n) is 1.68. The van der Waals surface area contributed by atoms with Gasteiger partial charge in [0.1, 0.15) is 0 Å². The second-order valence-electron chi connectivity index (χ2n) is 2.76. The van der Waals surface area contributed by atoms with Gasteiger partial charge in [-0.2, -0.15) is 4.68 Å². The smallest absolute Gasteiger partial charge is 0.358 e. The molecule has 0 amide bonds. The number of hydrogen-bond acceptors (Lipinski definition) is 4. The van der Waals surface area contributed by atoms with Crippen LogP contribution in [0, 0.1) is 17.0 Å². The van der Waals surface area contributed by atoms with Crippen molar-refractivity contribution >= 4 is 5.82 Å². The van der Waals surface area contributed by atoms with Crippen LogP contribution in [-0.2, 0) is 6.54 Å². The molecule has 0 aromatic carbocycles. The maximum absolute atomic E-state index is 10.4. The topological polar surface area (TPSA) is 73.0 Å². The van der Waals surface area contributed by atoms with Crippen LogP contribution in [0.2, 0.25) is 0 Å². The van der Waals surface area contributed by atoms with Crippen molar-refractivity contribution in [2.45, 2.75) is 13.5 Å². The summed E-state index contributed by atoms with van der Waals surface area (Å²) < 4.78 is 1.57. The van der Waals surface area contributed by atoms with Crippen LogP contribution >= 0.6 is 0 Å². The van der Waals surface area contributed by atoms with Crippen LogP contribution in [0.1, 0.15) is 5.56 Å². The number of nitrogens with one attached hydrogen (secondary N) is 1. The minimum atomic E-state index is -0.467. The fourth-order valence-corrected chi connectivity index (χ4v) is 1.03. The maximum Gasteiger partial charge on any atom is 0.392 e. The van der Waals surface area contributed by atoms with Crippen LogP contribution in [0.3, 0.4) is 0 Å². The van der Waals surface area contributed by atoms with Crippen molar-refractivity contribution in [3.05, 3.63) is 21.9 Å². The Hall–Kier alpha value is -1.43. The molecule has 0 atom stereocenters. The molecule has 1 N–H and O–H groups in total. The quantitative estimate of drug-likeness (QED) is 0.540. The molecule has 1 heterocycles. The van der Waals surface area contributed by atoms with Gasteiger partial charge >= 0.3 is 5.82 Å². The average Bonchev–Trinajstić information content (AvgIpc) is 2.43. The van der Waals surface area contributed by atoms with E-state index in [9.17, 15) is 10.1 Å². The standard InChI is InChI=1S/C7H12N4O2/c1-6-5-10(4-3-8-2)9-7(6)11(12)13/h5,8H,3-4H2,1-2H3. The molecule has 0 fully saturated rings. The van der Waals surface area contributed by atoms with Crippen LogP contribution in [0.4, 0.5) is 5.82 Å². The summed E-state index contributed by atoms with van der Waals surface area (Å²) in [5, 5.41) is 17.2. The van der Waals surface area contributed by atoms with Gasteiger partial charge in [0.15, 0.2) is 0 Å². The van der Waals surface area contributed by atoms with Crippen LogP contribution < -0.4 is 5.32 Å². The minimum Gasteiger partial charge on any atom is -0.358 e. The lowest BCUT2D eigenvalue weighted by Crippen LogP contribution is -2.15. The molecule has 6 heteroatoms. The van der Waals surface area contributed by atoms with E-state index in [1.807, 2.05) is 7.05 Å². The molecule has 0 unspecified atom stereocenters. The lowest BCUT2D eigenvalue weighted by Gasteiger charge is -1.93. The monoisotopic (exact) mass is 184 g/mol. The molecule has 0 saturated heterocycles. The van der Waals surface area contributed by atoms with Crippen molar-refractivity contribution in [1.29, 1.82) is 0 Å². The number of nitrogens with zero attached hydrogens (tertiary/aromatic N) is 3. The summed E-state index contributed by atoms with van der Waals surface area (Å²) in [5.74, 6) is -0.0592. The van der Waals surface area contributed by atoms with E-state index in [1.54, 1.807) is 17.8 Å². The Morgan fingerprint density at radius 1 is 1.77 bits per heavy atom. The van der Waals surface area contributed by atoms with Gasteiger partial charge in [0, 0.05) is 6.54 Å². The number of aromatic nitrogens is 2. The molecule has 0 saturated carbocycles. The molecule has 1 aromatic heterocycles. The highest BCUT2D eigenvalue weighted by Crippen LogP contribution is 2.13. The number of nitro groups is 1. The van der Waals surface area contributed by atoms with Gasteiger partial charge in [0.25, 0.3) is 0 Å². The summed E-state index contributed by atoms with van der Waals surface area (Å²) in [7, 11) is 1.82. The zero-order chi connectivity index (χ0) is 9.84. The van der Waals surface area contributed by atoms with E-state index in [2.05, 4.69) is 10.4 Å². The maximum atomic E-state index is 10.4. The van der Waals surface area contributed by atoms with E-state index in [4.69, 9.17) is 0 Å². The second-order valence-corrected chi connectivity index (χ2v) is 2.76. The van der Waals surface area contributed by atoms with Gasteiger partial charge in [-0.05, 0) is 18.9 Å². The number of rotatable bonds is 4. The van der Waals surface area contributed by atoms with Crippen LogP contribution in [0.5, 0.6) is 0 Å². The fraction of sp³-hybridized carbons (Fsp3) is 0.571. The first-order valence-electron chi connectivity index (χ1n) is 3.98. The van der Waals surface area contributed by atoms with Gasteiger partial charge < -0.3 is 15.4 Å². The SMILES string of the molecule is CNCCn1cc(C)c([N+](=O)[O-])n1. The predicted molar refractivity (Wildman–Crippen MR) is 47.5 cm³/mol. The minimum absolute atomic E-state index is 0.0592. The molecule has 6 nitrogen and oxygen atoms in total. The Kier molecular flexibility index (Phi) is 2.97. The van der Waals surface area contributed by atoms with Crippen molar-refractivity contribution in [3.8, 4) is 0 Å². The summed E-state index contributed by atoms with van der Waals surface area (Å²) in [6.45, 7) is 3.07. The molecule has 13 heavy (non-hydrogen) atoms. The average molecular weight is 184 g/mol. The van der Waals surface area contributed by atoms with Gasteiger partial charge in [0.05, 0.1) is 23.4 Å². The number of hydrogen-bond donors (Lipinski definition) is 1. The summed E-state index contributed by atoms with van der Waals surface area (Å²) in [6.07, 6.45) is 1.68. The second kappa shape index (κ2) is 3.99. The van der Waals surface area contributed by atoms with Crippen LogP contribution in [0.15, 0.2) is 6.20 Å². The molecule has 0 bridgehead atoms. The number of aryl methyl sites for hydroxylation is 1. The molecule has 0 radical (unpaired) electrons. The molecular weight excluding hydrogens is 172 g/mol. The van der Waals surface area contributed by atoms with Crippen molar-refractivity contribution in [2.75, 3.05) is 13.6 Å². The first kappa shape index (κ1) is 9.66. The Balaban J connectivity index is 2.76. The summed E-state index contributed by atoms with van der Waals surface area (Å²) in [4.78, 5) is 9.96. The van der Waals surface area contributed by atoms with E-state index in [0.29, 0.717) is 12.1 Å². The highest BCUT2D eigenvalue weighted by Gasteiger charge is 2.16. The van der Waals surface area contributed by atoms with Gasteiger partial charge in [-0.1, -0.05) is 0 Å². The largest absolute Gasteiger partial charge is 0.392 e. The fourth-order valence-electron chi connectivity index (χ4n) is 1.03. The highest BCUT2D eigenvalue weighted by atomic mass is 16.6. The Labute approximate surface area is 75.7 Å². The van der Waals surface area contributed by atoms with E-state index < -0.39 is 4.92 Å². The molecule has 1 rings (SSSR count). The first-order valence-corrected chi connectivity index (χ1v) is 3.98. The van der Waals surface area contributed by atoms with Crippen molar-refractivity contribution < 1.29 is 4.92 Å². The third-order valence-corrected chi connectivity index (χ3v) is 1.68. The molecule has 72 valence electrons. The van der Waals surface area contributed by atoms with Crippen LogP contribution in [0.25, 0.3) is 0 Å². The van der Waals surface area contributed by atoms with Gasteiger partial charge in [-0.15, -0.1) is 0 Å². The molecule has 0 spiro atoms. The molecule has 0 aliphatic heterocycles. The Morgan fingerprint density at radius 3 is 2.92 bits per heavy atom. The third kappa shape index (κ3) is 2.25. The summed E-state index contributed by atoms with van der Waals surface area (Å²) in [5.41, 5.74) is 0.598. The van der Waals surface area contributed by atoms with E-state index in [-0.39, 0.29) is 5.82 Å². The van der Waals surface area contributed by atoms with Crippen molar-refractivity contribution in [2.24, 2.45) is 0 Å². The summed E-state index contributed by atoms with van der Waals surface area (Å²) in [6, 6.07) is 0. The molecule has 0 aliphatic rings. The first-order chi connectivity index (χ1) is 6.15. The van der Waals surface area contributed by atoms with E-state index in [0.717, 1.165) is 6.54 Å². The predicted octanol–water partition coefficient (Wildman–Crippen LogP) is 0.319. The van der Waals surface area contributed by atoms with Gasteiger partial charge in [-0.3, -0.25) is 0 Å². The van der Waals surface area contributed by atoms with E-state index in [1.165, 1.54) is 0 Å². The number of likely N-dealkylation sites (N-methyl/N-ethyl adjacent to an activating group) is 1. The van der Waals surface area contributed by atoms with Crippen molar-refractivity contribution in [1.82, 2.24) is 15.1 Å². The zero-order valence-electron chi connectivity index (χ0n) is 7.65. The summed E-state index contributed by atoms with van der Waals surface area (Å²) >= 11 is 0. The molecule has 1 aromatic rings. The highest BCUT2D eigenvalue weighted by molar-refractivity contribution is 5.27. The van der Waals surface area contributed by atoms with Crippen LogP contribution in [-0.4, -0.2) is 28.3 Å². The van der Waals surface area contributed by atoms with Gasteiger partial charge in [0.2, 0.25) is 0 Å². The van der Waals surface area contributed by atoms with Crippen molar-refractivity contribution in [3.63, 3.8) is 0 Å². The zero-order valence-corrected chi connectivity index (χ0v) is 7.65. The lowest BCUT2D eigenvalue weighted by atomic mass is 10.4. The Morgan fingerprint density at radius 2 is 2.46 bits per heavy atom. The molecular formula is C7H12N4O2. The van der Waals surface area contributed by atoms with Gasteiger partial charge in [-0.25, -0.2) is 0 Å². The van der Waals surface area contributed by atoms with E-state index >= 15 is 0 Å². The Bertz CT molecular complexity index is 307. The normalized spacial score (nSPS) is 10.3. The lowest BCUT2D eigenvalue weighted by molar-refractivity contribution is -0.390.